The second-order valence-electron chi connectivity index (χ2n) is 0.622. The summed E-state index contributed by atoms with van der Waals surface area (Å²) in [4.78, 5) is 0. The fraction of sp³-hybridized carbons (Fsp3) is 1.00. The van der Waals surface area contributed by atoms with Crippen LogP contribution in [0.4, 0.5) is 0 Å². The van der Waals surface area contributed by atoms with Crippen LogP contribution in [0.15, 0.2) is 0 Å². The van der Waals surface area contributed by atoms with E-state index in [9.17, 15) is 0 Å². The van der Waals surface area contributed by atoms with Crippen molar-refractivity contribution in [2.75, 3.05) is 12.3 Å². The molecular weight excluding hydrogens is 102 g/mol. The van der Waals surface area contributed by atoms with Gasteiger partial charge in [-0.1, -0.05) is 10.8 Å². The zero-order valence-corrected chi connectivity index (χ0v) is 4.56. The van der Waals surface area contributed by atoms with Crippen molar-refractivity contribution in [2.24, 2.45) is 5.73 Å². The topological polar surface area (TPSA) is 26.0 Å². The van der Waals surface area contributed by atoms with Crippen LogP contribution in [0.3, 0.4) is 0 Å². The zero-order chi connectivity index (χ0) is 4.12. The quantitative estimate of drug-likeness (QED) is 0.399. The molecule has 5 heavy (non-hydrogen) atoms. The molecule has 3 heteroatoms. The molecule has 0 aromatic heterocycles. The molecule has 0 saturated carbocycles. The molecule has 0 aliphatic heterocycles. The van der Waals surface area contributed by atoms with Crippen molar-refractivity contribution in [3.8, 4) is 0 Å². The van der Waals surface area contributed by atoms with E-state index in [-0.39, 0.29) is 0 Å². The molecule has 0 spiro atoms. The minimum Gasteiger partial charge on any atom is -0.330 e. The van der Waals surface area contributed by atoms with Crippen LogP contribution in [0.5, 0.6) is 0 Å². The van der Waals surface area contributed by atoms with Crippen LogP contribution in [0.1, 0.15) is 0 Å². The Morgan fingerprint density at radius 2 is 2.40 bits per heavy atom. The molecule has 1 nitrogen and oxygen atoms in total. The van der Waals surface area contributed by atoms with E-state index in [1.807, 2.05) is 0 Å². The molecule has 0 bridgehead atoms. The Labute approximate surface area is 41.1 Å². The highest BCUT2D eigenvalue weighted by molar-refractivity contribution is 8.68. The summed E-state index contributed by atoms with van der Waals surface area (Å²) >= 11 is 3.84. The van der Waals surface area contributed by atoms with E-state index in [1.54, 1.807) is 0 Å². The summed E-state index contributed by atoms with van der Waals surface area (Å²) in [6.45, 7) is 0.730. The molecule has 0 amide bonds. The zero-order valence-electron chi connectivity index (χ0n) is 2.85. The first-order chi connectivity index (χ1) is 2.41. The lowest BCUT2D eigenvalue weighted by molar-refractivity contribution is 1.16. The third kappa shape index (κ3) is 4.66. The Morgan fingerprint density at radius 3 is 2.40 bits per heavy atom. The van der Waals surface area contributed by atoms with Gasteiger partial charge in [0.1, 0.15) is 0 Å². The summed E-state index contributed by atoms with van der Waals surface area (Å²) in [7, 11) is 1.47. The fourth-order valence-corrected chi connectivity index (χ4v) is 0.474. The van der Waals surface area contributed by atoms with Crippen LogP contribution in [-0.2, 0) is 0 Å². The predicted molar refractivity (Wildman–Crippen MR) is 30.5 cm³/mol. The molecule has 0 aliphatic rings. The van der Waals surface area contributed by atoms with Crippen molar-refractivity contribution < 1.29 is 0 Å². The maximum Gasteiger partial charge on any atom is 0.0158 e. The van der Waals surface area contributed by atoms with Crippen molar-refractivity contribution >= 4 is 22.5 Å². The van der Waals surface area contributed by atoms with Gasteiger partial charge in [-0.25, -0.2) is 0 Å². The molecule has 0 radical (unpaired) electrons. The maximum atomic E-state index is 5.07. The molecule has 32 valence electrons. The van der Waals surface area contributed by atoms with E-state index in [0.29, 0.717) is 0 Å². The van der Waals surface area contributed by atoms with Gasteiger partial charge in [-0.05, 0) is 0 Å². The lowest BCUT2D eigenvalue weighted by Gasteiger charge is -1.79. The summed E-state index contributed by atoms with van der Waals surface area (Å²) in [6.07, 6.45) is 0. The van der Waals surface area contributed by atoms with Crippen molar-refractivity contribution in [3.05, 3.63) is 0 Å². The van der Waals surface area contributed by atoms with Crippen molar-refractivity contribution in [2.45, 2.75) is 0 Å². The van der Waals surface area contributed by atoms with Crippen LogP contribution in [0, 0.1) is 0 Å². The van der Waals surface area contributed by atoms with Crippen LogP contribution in [0.25, 0.3) is 0 Å². The maximum absolute atomic E-state index is 5.07. The molecule has 0 aromatic rings. The van der Waals surface area contributed by atoms with Crippen molar-refractivity contribution in [3.63, 3.8) is 0 Å². The van der Waals surface area contributed by atoms with Crippen LogP contribution in [0.2, 0.25) is 0 Å². The largest absolute Gasteiger partial charge is 0.330 e. The molecular formula is C2H7NS2. The molecule has 0 unspecified atom stereocenters. The standard InChI is InChI=1S/C2H7NS2/c3-1-2-5-4/h4H,1-3H2. The number of thiol groups is 1. The van der Waals surface area contributed by atoms with E-state index in [1.165, 1.54) is 10.8 Å². The van der Waals surface area contributed by atoms with E-state index < -0.39 is 0 Å². The Balaban J connectivity index is 2.19. The van der Waals surface area contributed by atoms with Crippen LogP contribution < -0.4 is 5.73 Å². The first-order valence-electron chi connectivity index (χ1n) is 1.38. The minimum absolute atomic E-state index is 0.730. The summed E-state index contributed by atoms with van der Waals surface area (Å²) < 4.78 is 0. The van der Waals surface area contributed by atoms with E-state index in [2.05, 4.69) is 11.7 Å². The van der Waals surface area contributed by atoms with Gasteiger partial charge < -0.3 is 5.73 Å². The van der Waals surface area contributed by atoms with Gasteiger partial charge >= 0.3 is 0 Å². The summed E-state index contributed by atoms with van der Waals surface area (Å²) in [5, 5.41) is 0. The van der Waals surface area contributed by atoms with Gasteiger partial charge in [0.25, 0.3) is 0 Å². The number of hydrogen-bond acceptors (Lipinski definition) is 3. The Morgan fingerprint density at radius 1 is 1.80 bits per heavy atom. The van der Waals surface area contributed by atoms with E-state index in [4.69, 9.17) is 5.73 Å². The minimum atomic E-state index is 0.730. The van der Waals surface area contributed by atoms with E-state index >= 15 is 0 Å². The predicted octanol–water partition coefficient (Wildman–Crippen LogP) is 0.523. The normalized spacial score (nSPS) is 8.40. The fourth-order valence-electron chi connectivity index (χ4n) is 0.0527. The van der Waals surface area contributed by atoms with Crippen LogP contribution >= 0.6 is 22.5 Å². The van der Waals surface area contributed by atoms with Crippen molar-refractivity contribution in [1.29, 1.82) is 0 Å². The molecule has 0 heterocycles. The Bertz CT molecular complexity index is 15.1. The summed E-state index contributed by atoms with van der Waals surface area (Å²) in [5.41, 5.74) is 5.07. The number of hydrogen-bond donors (Lipinski definition) is 2. The average Bonchev–Trinajstić information content (AvgIpc) is 1.41. The third-order valence-corrected chi connectivity index (χ3v) is 1.18. The van der Waals surface area contributed by atoms with Gasteiger partial charge in [-0.15, -0.1) is 11.7 Å². The molecule has 0 saturated heterocycles. The number of rotatable bonds is 2. The number of nitrogens with two attached hydrogens (primary N) is 1. The van der Waals surface area contributed by atoms with Crippen LogP contribution in [-0.4, -0.2) is 12.3 Å². The lowest BCUT2D eigenvalue weighted by atomic mass is 10.8. The molecule has 0 atom stereocenters. The Kier molecular flexibility index (Phi) is 5.28. The monoisotopic (exact) mass is 109 g/mol. The highest BCUT2D eigenvalue weighted by Crippen LogP contribution is 1.99. The third-order valence-electron chi connectivity index (χ3n) is 0.209. The first-order valence-corrected chi connectivity index (χ1v) is 3.42. The van der Waals surface area contributed by atoms with Gasteiger partial charge in [-0.3, -0.25) is 0 Å². The smallest absolute Gasteiger partial charge is 0.0158 e. The molecule has 0 fully saturated rings. The molecule has 0 rings (SSSR count). The summed E-state index contributed by atoms with van der Waals surface area (Å²) in [5.74, 6) is 0.948. The lowest BCUT2D eigenvalue weighted by Crippen LogP contribution is -1.98. The van der Waals surface area contributed by atoms with Gasteiger partial charge in [-0.2, -0.15) is 0 Å². The molecule has 2 N–H and O–H groups in total. The second-order valence-corrected chi connectivity index (χ2v) is 2.06. The van der Waals surface area contributed by atoms with Crippen molar-refractivity contribution in [1.82, 2.24) is 0 Å². The van der Waals surface area contributed by atoms with E-state index in [0.717, 1.165) is 12.3 Å². The van der Waals surface area contributed by atoms with Gasteiger partial charge in [0, 0.05) is 12.3 Å². The summed E-state index contributed by atoms with van der Waals surface area (Å²) in [6, 6.07) is 0. The van der Waals surface area contributed by atoms with Gasteiger partial charge in [0.2, 0.25) is 0 Å². The van der Waals surface area contributed by atoms with Gasteiger partial charge in [0.05, 0.1) is 0 Å². The highest BCUT2D eigenvalue weighted by atomic mass is 33.1. The second kappa shape index (κ2) is 4.66. The van der Waals surface area contributed by atoms with Gasteiger partial charge in [0.15, 0.2) is 0 Å². The Hall–Kier alpha value is 0.660. The average molecular weight is 109 g/mol. The first kappa shape index (κ1) is 5.66. The SMILES string of the molecule is NCCSS. The highest BCUT2D eigenvalue weighted by Gasteiger charge is 1.68. The molecule has 0 aliphatic carbocycles. The molecule has 0 aromatic carbocycles.